The van der Waals surface area contributed by atoms with Crippen molar-refractivity contribution < 1.29 is 8.42 Å². The fraction of sp³-hybridized carbons (Fsp3) is 0.105. The molecule has 0 bridgehead atoms. The second-order valence-electron chi connectivity index (χ2n) is 6.01. The lowest BCUT2D eigenvalue weighted by Crippen LogP contribution is -2.15. The molecule has 0 N–H and O–H groups in total. The topological polar surface area (TPSA) is 56.4 Å². The summed E-state index contributed by atoms with van der Waals surface area (Å²) in [7, 11) is -3.59. The number of pyridine rings is 1. The maximum atomic E-state index is 12.9. The fourth-order valence-electron chi connectivity index (χ4n) is 3.02. The van der Waals surface area contributed by atoms with Gasteiger partial charge in [-0.2, -0.15) is 5.10 Å². The lowest BCUT2D eigenvalue weighted by molar-refractivity contribution is 0.585. The maximum absolute atomic E-state index is 12.9. The summed E-state index contributed by atoms with van der Waals surface area (Å²) in [6.45, 7) is 3.57. The molecule has 126 valence electrons. The predicted octanol–water partition coefficient (Wildman–Crippen LogP) is 3.66. The van der Waals surface area contributed by atoms with Crippen LogP contribution in [0.15, 0.2) is 71.8 Å². The molecule has 3 heterocycles. The van der Waals surface area contributed by atoms with Gasteiger partial charge in [0.05, 0.1) is 16.1 Å². The summed E-state index contributed by atoms with van der Waals surface area (Å²) in [5.74, 6) is 0. The third-order valence-electron chi connectivity index (χ3n) is 4.26. The number of hydrogen-bond acceptors (Lipinski definition) is 3. The highest BCUT2D eigenvalue weighted by Crippen LogP contribution is 2.24. The van der Waals surface area contributed by atoms with E-state index in [1.165, 1.54) is 3.97 Å². The maximum Gasteiger partial charge on any atom is 0.268 e. The van der Waals surface area contributed by atoms with Crippen molar-refractivity contribution >= 4 is 15.5 Å². The van der Waals surface area contributed by atoms with Gasteiger partial charge in [0.1, 0.15) is 0 Å². The number of aromatic nitrogens is 3. The quantitative estimate of drug-likeness (QED) is 0.566. The van der Waals surface area contributed by atoms with Crippen molar-refractivity contribution in [3.05, 3.63) is 78.2 Å². The van der Waals surface area contributed by atoms with Crippen molar-refractivity contribution in [3.8, 4) is 11.3 Å². The van der Waals surface area contributed by atoms with Crippen LogP contribution in [0.5, 0.6) is 0 Å². The average molecular weight is 351 g/mol. The third-order valence-corrected chi connectivity index (χ3v) is 6.19. The molecule has 0 unspecified atom stereocenters. The van der Waals surface area contributed by atoms with Gasteiger partial charge in [-0.1, -0.05) is 18.2 Å². The zero-order valence-electron chi connectivity index (χ0n) is 13.9. The van der Waals surface area contributed by atoms with Crippen LogP contribution in [-0.4, -0.2) is 22.0 Å². The molecule has 25 heavy (non-hydrogen) atoms. The highest BCUT2D eigenvalue weighted by Gasteiger charge is 2.20. The van der Waals surface area contributed by atoms with Gasteiger partial charge in [-0.3, -0.25) is 0 Å². The zero-order valence-corrected chi connectivity index (χ0v) is 14.7. The van der Waals surface area contributed by atoms with Gasteiger partial charge >= 0.3 is 0 Å². The van der Waals surface area contributed by atoms with Gasteiger partial charge in [0.25, 0.3) is 10.0 Å². The van der Waals surface area contributed by atoms with Gasteiger partial charge in [0.15, 0.2) is 0 Å². The van der Waals surface area contributed by atoms with E-state index in [9.17, 15) is 8.42 Å². The highest BCUT2D eigenvalue weighted by molar-refractivity contribution is 7.90. The highest BCUT2D eigenvalue weighted by atomic mass is 32.2. The van der Waals surface area contributed by atoms with E-state index < -0.39 is 10.0 Å². The summed E-state index contributed by atoms with van der Waals surface area (Å²) >= 11 is 0. The third kappa shape index (κ3) is 2.55. The van der Waals surface area contributed by atoms with Gasteiger partial charge in [-0.25, -0.2) is 16.9 Å². The number of benzene rings is 1. The molecule has 0 fully saturated rings. The van der Waals surface area contributed by atoms with Crippen LogP contribution in [0, 0.1) is 13.8 Å². The molecule has 0 radical (unpaired) electrons. The molecule has 0 aliphatic heterocycles. The van der Waals surface area contributed by atoms with Crippen LogP contribution in [0.3, 0.4) is 0 Å². The fourth-order valence-corrected chi connectivity index (χ4v) is 4.59. The Labute approximate surface area is 146 Å². The van der Waals surface area contributed by atoms with Crippen LogP contribution in [0.1, 0.15) is 11.4 Å². The monoisotopic (exact) mass is 351 g/mol. The number of hydrogen-bond donors (Lipinski definition) is 0. The summed E-state index contributed by atoms with van der Waals surface area (Å²) in [5, 5.41) is 4.51. The molecule has 0 saturated carbocycles. The van der Waals surface area contributed by atoms with Crippen molar-refractivity contribution in [2.45, 2.75) is 18.7 Å². The number of fused-ring (bicyclic) bond motifs is 1. The standard InChI is InChI=1S/C19H17N3O2S/c1-14-6-7-15(2)22(14)25(23,24)18-10-8-16(9-11-18)19-13-17-5-3-4-12-21(17)20-19/h3-13H,1-2H3. The van der Waals surface area contributed by atoms with E-state index in [1.54, 1.807) is 54.8 Å². The van der Waals surface area contributed by atoms with Crippen LogP contribution >= 0.6 is 0 Å². The van der Waals surface area contributed by atoms with E-state index in [1.807, 2.05) is 30.5 Å². The first-order valence-electron chi connectivity index (χ1n) is 7.92. The minimum Gasteiger partial charge on any atom is -0.243 e. The Morgan fingerprint density at radius 1 is 0.880 bits per heavy atom. The van der Waals surface area contributed by atoms with Gasteiger partial charge in [0, 0.05) is 23.1 Å². The molecule has 5 nitrogen and oxygen atoms in total. The van der Waals surface area contributed by atoms with Gasteiger partial charge < -0.3 is 0 Å². The lowest BCUT2D eigenvalue weighted by Gasteiger charge is -2.11. The summed E-state index contributed by atoms with van der Waals surface area (Å²) in [6.07, 6.45) is 1.88. The number of aryl methyl sites for hydroxylation is 2. The molecule has 0 saturated heterocycles. The van der Waals surface area contributed by atoms with E-state index >= 15 is 0 Å². The first-order chi connectivity index (χ1) is 12.0. The number of rotatable bonds is 3. The van der Waals surface area contributed by atoms with E-state index in [-0.39, 0.29) is 4.90 Å². The van der Waals surface area contributed by atoms with Gasteiger partial charge in [-0.05, 0) is 56.3 Å². The molecule has 1 aromatic carbocycles. The van der Waals surface area contributed by atoms with E-state index in [0.29, 0.717) is 11.4 Å². The molecule has 3 aromatic heterocycles. The van der Waals surface area contributed by atoms with Crippen molar-refractivity contribution in [2.24, 2.45) is 0 Å². The second-order valence-corrected chi connectivity index (χ2v) is 7.80. The van der Waals surface area contributed by atoms with Crippen LogP contribution in [-0.2, 0) is 10.0 Å². The van der Waals surface area contributed by atoms with Crippen LogP contribution in [0.4, 0.5) is 0 Å². The first-order valence-corrected chi connectivity index (χ1v) is 9.36. The van der Waals surface area contributed by atoms with E-state index in [4.69, 9.17) is 0 Å². The second kappa shape index (κ2) is 5.60. The molecule has 4 rings (SSSR count). The first kappa shape index (κ1) is 15.7. The molecule has 0 amide bonds. The SMILES string of the molecule is Cc1ccc(C)n1S(=O)(=O)c1ccc(-c2cc3ccccn3n2)cc1. The zero-order chi connectivity index (χ0) is 17.6. The predicted molar refractivity (Wildman–Crippen MR) is 97.1 cm³/mol. The lowest BCUT2D eigenvalue weighted by atomic mass is 10.1. The molecule has 0 aliphatic carbocycles. The Kier molecular flexibility index (Phi) is 3.51. The van der Waals surface area contributed by atoms with Crippen molar-refractivity contribution in [1.29, 1.82) is 0 Å². The molecular weight excluding hydrogens is 334 g/mol. The Morgan fingerprint density at radius 3 is 2.20 bits per heavy atom. The Balaban J connectivity index is 1.75. The molecule has 4 aromatic rings. The largest absolute Gasteiger partial charge is 0.268 e. The van der Waals surface area contributed by atoms with Gasteiger partial charge in [-0.15, -0.1) is 0 Å². The average Bonchev–Trinajstić information content (AvgIpc) is 3.18. The van der Waals surface area contributed by atoms with Crippen molar-refractivity contribution in [3.63, 3.8) is 0 Å². The summed E-state index contributed by atoms with van der Waals surface area (Å²) in [5.41, 5.74) is 4.07. The van der Waals surface area contributed by atoms with Crippen LogP contribution in [0.2, 0.25) is 0 Å². The van der Waals surface area contributed by atoms with Gasteiger partial charge in [0.2, 0.25) is 0 Å². The molecule has 0 aliphatic rings. The Morgan fingerprint density at radius 2 is 1.56 bits per heavy atom. The van der Waals surface area contributed by atoms with E-state index in [0.717, 1.165) is 16.8 Å². The minimum absolute atomic E-state index is 0.266. The Bertz CT molecular complexity index is 1120. The summed E-state index contributed by atoms with van der Waals surface area (Å²) in [4.78, 5) is 0.266. The minimum atomic E-state index is -3.59. The van der Waals surface area contributed by atoms with Crippen molar-refractivity contribution in [2.75, 3.05) is 0 Å². The Hall–Kier alpha value is -2.86. The summed E-state index contributed by atoms with van der Waals surface area (Å²) in [6, 6.07) is 18.3. The van der Waals surface area contributed by atoms with Crippen molar-refractivity contribution in [1.82, 2.24) is 13.6 Å². The molecular formula is C19H17N3O2S. The normalized spacial score (nSPS) is 11.9. The smallest absolute Gasteiger partial charge is 0.243 e. The molecule has 0 spiro atoms. The van der Waals surface area contributed by atoms with Crippen LogP contribution in [0.25, 0.3) is 16.8 Å². The number of nitrogens with zero attached hydrogens (tertiary/aromatic N) is 3. The van der Waals surface area contributed by atoms with E-state index in [2.05, 4.69) is 5.10 Å². The molecule has 6 heteroatoms. The summed E-state index contributed by atoms with van der Waals surface area (Å²) < 4.78 is 28.9. The molecule has 0 atom stereocenters. The van der Waals surface area contributed by atoms with Crippen LogP contribution < -0.4 is 0 Å².